The lowest BCUT2D eigenvalue weighted by molar-refractivity contribution is -0.659. The van der Waals surface area contributed by atoms with Crippen molar-refractivity contribution in [1.82, 2.24) is 0 Å². The molecular weight excluding hydrogens is 454 g/mol. The molecule has 0 N–H and O–H groups in total. The second-order valence-corrected chi connectivity index (χ2v) is 13.3. The zero-order valence-corrected chi connectivity index (χ0v) is 23.7. The lowest BCUT2D eigenvalue weighted by atomic mass is 9.82. The van der Waals surface area contributed by atoms with E-state index in [1.807, 2.05) is 11.8 Å². The predicted molar refractivity (Wildman–Crippen MR) is 156 cm³/mol. The van der Waals surface area contributed by atoms with E-state index in [0.29, 0.717) is 5.92 Å². The summed E-state index contributed by atoms with van der Waals surface area (Å²) in [7, 11) is 2.22. The number of aryl methyl sites for hydroxylation is 3. The number of benzene rings is 4. The summed E-state index contributed by atoms with van der Waals surface area (Å²) in [5, 5.41) is 8.37. The highest BCUT2D eigenvalue weighted by Crippen LogP contribution is 2.53. The minimum absolute atomic E-state index is 0.198. The molecule has 6 rings (SSSR count). The van der Waals surface area contributed by atoms with Crippen molar-refractivity contribution in [2.24, 2.45) is 12.5 Å². The maximum absolute atomic E-state index is 2.49. The fourth-order valence-corrected chi connectivity index (χ4v) is 7.58. The minimum atomic E-state index is 0.198. The minimum Gasteiger partial charge on any atom is -0.200 e. The molecule has 0 saturated heterocycles. The first kappa shape index (κ1) is 23.6. The van der Waals surface area contributed by atoms with Gasteiger partial charge in [0.2, 0.25) is 5.69 Å². The summed E-state index contributed by atoms with van der Waals surface area (Å²) in [6, 6.07) is 18.7. The predicted octanol–water partition coefficient (Wildman–Crippen LogP) is 9.43. The van der Waals surface area contributed by atoms with Gasteiger partial charge in [0.1, 0.15) is 7.05 Å². The van der Waals surface area contributed by atoms with Crippen LogP contribution in [0.1, 0.15) is 62.8 Å². The third-order valence-corrected chi connectivity index (χ3v) is 9.03. The zero-order chi connectivity index (χ0) is 25.5. The lowest BCUT2D eigenvalue weighted by Crippen LogP contribution is -2.32. The number of hydrogen-bond acceptors (Lipinski definition) is 1. The highest BCUT2D eigenvalue weighted by Gasteiger charge is 2.33. The Hall–Kier alpha value is -2.84. The standard InChI is InChI=1S/C34H36NS/c1-19(2)22-10-9-11-23-25-14-15-35(8)32-30-21(4)26-16-20(3)12-13-24(26)28(18-34(5,6)7)33(30)36-29(31(25)32)17-27(22)23/h9-17,19H,18H2,1-8H3/q+1. The van der Waals surface area contributed by atoms with Crippen molar-refractivity contribution in [3.8, 4) is 11.3 Å². The molecule has 2 heteroatoms. The first-order valence-corrected chi connectivity index (χ1v) is 14.0. The molecule has 182 valence electrons. The molecule has 0 aliphatic carbocycles. The Morgan fingerprint density at radius 2 is 1.64 bits per heavy atom. The van der Waals surface area contributed by atoms with Crippen LogP contribution in [-0.2, 0) is 13.5 Å². The van der Waals surface area contributed by atoms with Crippen LogP contribution in [0.25, 0.3) is 43.6 Å². The molecule has 0 atom stereocenters. The van der Waals surface area contributed by atoms with E-state index in [4.69, 9.17) is 0 Å². The summed E-state index contributed by atoms with van der Waals surface area (Å²) in [6.45, 7) is 16.3. The van der Waals surface area contributed by atoms with Crippen molar-refractivity contribution in [3.05, 3.63) is 77.0 Å². The van der Waals surface area contributed by atoms with Crippen molar-refractivity contribution in [3.63, 3.8) is 0 Å². The second-order valence-electron chi connectivity index (χ2n) is 12.2. The van der Waals surface area contributed by atoms with Crippen molar-refractivity contribution in [2.45, 2.75) is 70.6 Å². The first-order valence-electron chi connectivity index (χ1n) is 13.2. The van der Waals surface area contributed by atoms with Gasteiger partial charge in [-0.2, -0.15) is 0 Å². The van der Waals surface area contributed by atoms with Crippen LogP contribution in [0.2, 0.25) is 0 Å². The number of rotatable bonds is 2. The van der Waals surface area contributed by atoms with E-state index in [-0.39, 0.29) is 5.41 Å². The molecule has 5 aromatic rings. The molecule has 0 unspecified atom stereocenters. The number of fused-ring (bicyclic) bond motifs is 5. The van der Waals surface area contributed by atoms with Gasteiger partial charge in [0.15, 0.2) is 6.20 Å². The number of nitrogens with zero attached hydrogens (tertiary/aromatic N) is 1. The quantitative estimate of drug-likeness (QED) is 0.173. The van der Waals surface area contributed by atoms with Gasteiger partial charge >= 0.3 is 0 Å². The van der Waals surface area contributed by atoms with Crippen molar-refractivity contribution < 1.29 is 4.57 Å². The molecule has 4 aromatic carbocycles. The Bertz CT molecular complexity index is 1720. The van der Waals surface area contributed by atoms with Crippen LogP contribution < -0.4 is 4.57 Å². The Balaban J connectivity index is 1.81. The zero-order valence-electron chi connectivity index (χ0n) is 22.8. The van der Waals surface area contributed by atoms with Crippen molar-refractivity contribution in [2.75, 3.05) is 0 Å². The van der Waals surface area contributed by atoms with Gasteiger partial charge in [-0.25, -0.2) is 4.57 Å². The topological polar surface area (TPSA) is 3.88 Å². The van der Waals surface area contributed by atoms with Crippen LogP contribution in [0.3, 0.4) is 0 Å². The molecule has 1 aliphatic heterocycles. The molecule has 1 aliphatic rings. The highest BCUT2D eigenvalue weighted by atomic mass is 32.2. The molecule has 0 spiro atoms. The molecule has 0 bridgehead atoms. The maximum atomic E-state index is 2.49. The van der Waals surface area contributed by atoms with Crippen molar-refractivity contribution >= 4 is 44.1 Å². The highest BCUT2D eigenvalue weighted by molar-refractivity contribution is 8.00. The number of hydrogen-bond donors (Lipinski definition) is 0. The van der Waals surface area contributed by atoms with E-state index in [1.54, 1.807) is 0 Å². The molecular formula is C34H36NS+. The van der Waals surface area contributed by atoms with E-state index < -0.39 is 0 Å². The molecule has 36 heavy (non-hydrogen) atoms. The van der Waals surface area contributed by atoms with E-state index in [9.17, 15) is 0 Å². The second kappa shape index (κ2) is 8.08. The van der Waals surface area contributed by atoms with Gasteiger partial charge in [-0.05, 0) is 75.9 Å². The summed E-state index contributed by atoms with van der Waals surface area (Å²) >= 11 is 2.01. The fraction of sp³-hybridized carbons (Fsp3) is 0.324. The van der Waals surface area contributed by atoms with Crippen LogP contribution in [0.4, 0.5) is 0 Å². The number of aromatic nitrogens is 1. The molecule has 0 radical (unpaired) electrons. The maximum Gasteiger partial charge on any atom is 0.222 e. The average Bonchev–Trinajstić information content (AvgIpc) is 2.81. The smallest absolute Gasteiger partial charge is 0.200 e. The van der Waals surface area contributed by atoms with E-state index in [1.165, 1.54) is 75.6 Å². The third kappa shape index (κ3) is 3.49. The summed E-state index contributed by atoms with van der Waals surface area (Å²) in [5.41, 5.74) is 8.66. The Morgan fingerprint density at radius 3 is 2.36 bits per heavy atom. The van der Waals surface area contributed by atoms with Gasteiger partial charge in [0, 0.05) is 21.2 Å². The molecule has 2 heterocycles. The normalized spacial score (nSPS) is 13.2. The first-order chi connectivity index (χ1) is 17.0. The van der Waals surface area contributed by atoms with Crippen LogP contribution in [0.5, 0.6) is 0 Å². The van der Waals surface area contributed by atoms with Gasteiger partial charge in [-0.1, -0.05) is 88.3 Å². The fourth-order valence-electron chi connectivity index (χ4n) is 6.21. The summed E-state index contributed by atoms with van der Waals surface area (Å²) in [5.74, 6) is 0.490. The van der Waals surface area contributed by atoms with E-state index >= 15 is 0 Å². The van der Waals surface area contributed by atoms with Gasteiger partial charge in [-0.3, -0.25) is 0 Å². The van der Waals surface area contributed by atoms with Gasteiger partial charge in [0.05, 0.1) is 10.9 Å². The summed E-state index contributed by atoms with van der Waals surface area (Å²) < 4.78 is 2.36. The largest absolute Gasteiger partial charge is 0.222 e. The SMILES string of the molecule is Cc1ccc2c(CC(C)(C)C)c3c(c(C)c2c1)-c1c2c(cc4c(C(C)C)cccc4c2cc[n+]1C)S3. The Labute approximate surface area is 219 Å². The van der Waals surface area contributed by atoms with E-state index in [2.05, 4.69) is 115 Å². The van der Waals surface area contributed by atoms with Crippen LogP contribution >= 0.6 is 11.8 Å². The van der Waals surface area contributed by atoms with Gasteiger partial charge in [-0.15, -0.1) is 0 Å². The Morgan fingerprint density at radius 1 is 0.861 bits per heavy atom. The molecule has 0 saturated carbocycles. The van der Waals surface area contributed by atoms with Crippen molar-refractivity contribution in [1.29, 1.82) is 0 Å². The van der Waals surface area contributed by atoms with Crippen LogP contribution in [0.15, 0.2) is 64.5 Å². The van der Waals surface area contributed by atoms with Gasteiger partial charge < -0.3 is 0 Å². The average molecular weight is 491 g/mol. The monoisotopic (exact) mass is 490 g/mol. The summed E-state index contributed by atoms with van der Waals surface area (Å²) in [4.78, 5) is 2.85. The third-order valence-electron chi connectivity index (χ3n) is 7.83. The van der Waals surface area contributed by atoms with Crippen LogP contribution in [-0.4, -0.2) is 0 Å². The van der Waals surface area contributed by atoms with E-state index in [0.717, 1.165) is 6.42 Å². The lowest BCUT2D eigenvalue weighted by Gasteiger charge is -2.28. The molecule has 1 aromatic heterocycles. The molecule has 1 nitrogen and oxygen atoms in total. The molecule has 0 fully saturated rings. The number of pyridine rings is 1. The Kier molecular flexibility index (Phi) is 5.29. The molecule has 0 amide bonds. The summed E-state index contributed by atoms with van der Waals surface area (Å²) in [6.07, 6.45) is 3.33. The van der Waals surface area contributed by atoms with Gasteiger partial charge in [0.25, 0.3) is 0 Å². The van der Waals surface area contributed by atoms with Crippen LogP contribution in [0, 0.1) is 19.3 Å².